The summed E-state index contributed by atoms with van der Waals surface area (Å²) in [4.78, 5) is 24.3. The number of aryl methyl sites for hydroxylation is 2. The van der Waals surface area contributed by atoms with E-state index in [1.807, 2.05) is 19.9 Å². The fourth-order valence-corrected chi connectivity index (χ4v) is 3.19. The maximum Gasteiger partial charge on any atom is 0.251 e. The number of ether oxygens (including phenoxy) is 1. The summed E-state index contributed by atoms with van der Waals surface area (Å²) in [6.07, 6.45) is 1.03. The molecule has 0 saturated heterocycles. The molecule has 3 N–H and O–H groups in total. The molecular formula is C19H23N3O5S. The van der Waals surface area contributed by atoms with E-state index in [4.69, 9.17) is 4.74 Å². The molecule has 0 aliphatic carbocycles. The van der Waals surface area contributed by atoms with Crippen molar-refractivity contribution >= 4 is 33.2 Å². The first kappa shape index (κ1) is 21.2. The molecule has 0 aromatic heterocycles. The molecule has 2 amide bonds. The molecule has 0 spiro atoms. The number of carbonyl (C=O) groups excluding carboxylic acids is 2. The summed E-state index contributed by atoms with van der Waals surface area (Å²) in [7, 11) is -2.07. The quantitative estimate of drug-likeness (QED) is 0.652. The van der Waals surface area contributed by atoms with Crippen LogP contribution in [0.5, 0.6) is 5.75 Å². The number of methoxy groups -OCH3 is 1. The molecule has 0 saturated carbocycles. The Hall–Kier alpha value is -3.07. The minimum atomic E-state index is -3.46. The van der Waals surface area contributed by atoms with Gasteiger partial charge in [-0.25, -0.2) is 8.42 Å². The van der Waals surface area contributed by atoms with Crippen LogP contribution in [0.1, 0.15) is 21.5 Å². The van der Waals surface area contributed by atoms with E-state index in [1.54, 1.807) is 12.1 Å². The molecule has 28 heavy (non-hydrogen) atoms. The van der Waals surface area contributed by atoms with Gasteiger partial charge in [0.1, 0.15) is 5.75 Å². The maximum atomic E-state index is 12.2. The lowest BCUT2D eigenvalue weighted by Crippen LogP contribution is -2.32. The summed E-state index contributed by atoms with van der Waals surface area (Å²) in [6, 6.07) is 9.94. The van der Waals surface area contributed by atoms with Crippen molar-refractivity contribution in [3.63, 3.8) is 0 Å². The lowest BCUT2D eigenvalue weighted by atomic mass is 10.1. The van der Waals surface area contributed by atoms with E-state index >= 15 is 0 Å². The van der Waals surface area contributed by atoms with Gasteiger partial charge >= 0.3 is 0 Å². The lowest BCUT2D eigenvalue weighted by molar-refractivity contribution is -0.115. The van der Waals surface area contributed by atoms with Gasteiger partial charge in [0.25, 0.3) is 5.91 Å². The highest BCUT2D eigenvalue weighted by atomic mass is 32.2. The standard InChI is InChI=1S/C19H23N3O5S/c1-12-7-13(2)9-14(8-12)19(24)20-11-18(23)21-15-5-6-16(17(10-15)27-3)22-28(4,25)26/h5-10,22H,11H2,1-4H3,(H,20,24)(H,21,23). The molecule has 2 aromatic carbocycles. The molecule has 9 heteroatoms. The highest BCUT2D eigenvalue weighted by Crippen LogP contribution is 2.28. The number of amides is 2. The van der Waals surface area contributed by atoms with E-state index in [0.29, 0.717) is 11.3 Å². The topological polar surface area (TPSA) is 114 Å². The van der Waals surface area contributed by atoms with Crippen molar-refractivity contribution < 1.29 is 22.7 Å². The van der Waals surface area contributed by atoms with E-state index in [1.165, 1.54) is 25.3 Å². The SMILES string of the molecule is COc1cc(NC(=O)CNC(=O)c2cc(C)cc(C)c2)ccc1NS(C)(=O)=O. The molecule has 8 nitrogen and oxygen atoms in total. The van der Waals surface area contributed by atoms with Crippen LogP contribution in [-0.4, -0.2) is 40.1 Å². The number of rotatable bonds is 7. The predicted octanol–water partition coefficient (Wildman–Crippen LogP) is 2.05. The van der Waals surface area contributed by atoms with E-state index in [9.17, 15) is 18.0 Å². The Morgan fingerprint density at radius 3 is 2.25 bits per heavy atom. The number of sulfonamides is 1. The van der Waals surface area contributed by atoms with Gasteiger partial charge in [0.2, 0.25) is 15.9 Å². The van der Waals surface area contributed by atoms with Crippen LogP contribution in [0.3, 0.4) is 0 Å². The van der Waals surface area contributed by atoms with E-state index in [-0.39, 0.29) is 23.9 Å². The smallest absolute Gasteiger partial charge is 0.251 e. The summed E-state index contributed by atoms with van der Waals surface area (Å²) in [5.74, 6) is -0.515. The Morgan fingerprint density at radius 2 is 1.68 bits per heavy atom. The Balaban J connectivity index is 2.00. The van der Waals surface area contributed by atoms with Crippen molar-refractivity contribution in [2.75, 3.05) is 29.9 Å². The minimum absolute atomic E-state index is 0.211. The molecule has 150 valence electrons. The van der Waals surface area contributed by atoms with Crippen LogP contribution in [0.25, 0.3) is 0 Å². The fraction of sp³-hybridized carbons (Fsp3) is 0.263. The van der Waals surface area contributed by atoms with Gasteiger partial charge in [-0.1, -0.05) is 17.2 Å². The van der Waals surface area contributed by atoms with Crippen molar-refractivity contribution in [3.8, 4) is 5.75 Å². The van der Waals surface area contributed by atoms with E-state index in [2.05, 4.69) is 15.4 Å². The van der Waals surface area contributed by atoms with Crippen molar-refractivity contribution in [2.45, 2.75) is 13.8 Å². The van der Waals surface area contributed by atoms with E-state index in [0.717, 1.165) is 17.4 Å². The monoisotopic (exact) mass is 405 g/mol. The molecule has 0 radical (unpaired) electrons. The number of benzene rings is 2. The van der Waals surface area contributed by atoms with Gasteiger partial charge in [0, 0.05) is 17.3 Å². The molecule has 0 aliphatic rings. The second-order valence-corrected chi connectivity index (χ2v) is 8.14. The van der Waals surface area contributed by atoms with Crippen LogP contribution in [0.4, 0.5) is 11.4 Å². The number of anilines is 2. The zero-order valence-electron chi connectivity index (χ0n) is 16.1. The zero-order valence-corrected chi connectivity index (χ0v) is 16.9. The summed E-state index contributed by atoms with van der Waals surface area (Å²) in [5.41, 5.74) is 3.07. The number of hydrogen-bond donors (Lipinski definition) is 3. The summed E-state index contributed by atoms with van der Waals surface area (Å²) < 4.78 is 30.2. The highest BCUT2D eigenvalue weighted by molar-refractivity contribution is 7.92. The average molecular weight is 405 g/mol. The minimum Gasteiger partial charge on any atom is -0.494 e. The van der Waals surface area contributed by atoms with Gasteiger partial charge in [-0.15, -0.1) is 0 Å². The first-order valence-corrected chi connectivity index (χ1v) is 10.3. The Kier molecular flexibility index (Phi) is 6.63. The molecule has 0 fully saturated rings. The highest BCUT2D eigenvalue weighted by Gasteiger charge is 2.12. The van der Waals surface area contributed by atoms with Crippen molar-refractivity contribution in [1.82, 2.24) is 5.32 Å². The van der Waals surface area contributed by atoms with Crippen LogP contribution in [0.2, 0.25) is 0 Å². The summed E-state index contributed by atoms with van der Waals surface area (Å²) in [6.45, 7) is 3.58. The lowest BCUT2D eigenvalue weighted by Gasteiger charge is -2.12. The van der Waals surface area contributed by atoms with Crippen LogP contribution >= 0.6 is 0 Å². The summed E-state index contributed by atoms with van der Waals surface area (Å²) >= 11 is 0. The zero-order chi connectivity index (χ0) is 20.9. The molecule has 2 aromatic rings. The van der Waals surface area contributed by atoms with Gasteiger partial charge in [-0.2, -0.15) is 0 Å². The predicted molar refractivity (Wildman–Crippen MR) is 108 cm³/mol. The number of hydrogen-bond acceptors (Lipinski definition) is 5. The Labute approximate surface area is 164 Å². The van der Waals surface area contributed by atoms with Gasteiger partial charge in [0.05, 0.1) is 25.6 Å². The first-order valence-electron chi connectivity index (χ1n) is 8.39. The third kappa shape index (κ3) is 6.27. The molecule has 2 rings (SSSR count). The Morgan fingerprint density at radius 1 is 1.04 bits per heavy atom. The van der Waals surface area contributed by atoms with Crippen molar-refractivity contribution in [2.24, 2.45) is 0 Å². The average Bonchev–Trinajstić information content (AvgIpc) is 2.59. The fourth-order valence-electron chi connectivity index (χ4n) is 2.63. The van der Waals surface area contributed by atoms with Gasteiger partial charge in [-0.3, -0.25) is 14.3 Å². The molecule has 0 unspecified atom stereocenters. The van der Waals surface area contributed by atoms with Crippen molar-refractivity contribution in [1.29, 1.82) is 0 Å². The third-order valence-corrected chi connectivity index (χ3v) is 4.26. The second kappa shape index (κ2) is 8.75. The van der Waals surface area contributed by atoms with E-state index < -0.39 is 15.9 Å². The van der Waals surface area contributed by atoms with Crippen LogP contribution in [-0.2, 0) is 14.8 Å². The van der Waals surface area contributed by atoms with Crippen molar-refractivity contribution in [3.05, 3.63) is 53.1 Å². The first-order chi connectivity index (χ1) is 13.1. The maximum absolute atomic E-state index is 12.2. The third-order valence-electron chi connectivity index (χ3n) is 3.67. The molecule has 0 heterocycles. The molecule has 0 aliphatic heterocycles. The van der Waals surface area contributed by atoms with Crippen LogP contribution in [0, 0.1) is 13.8 Å². The van der Waals surface area contributed by atoms with Crippen LogP contribution < -0.4 is 20.1 Å². The van der Waals surface area contributed by atoms with Gasteiger partial charge in [0.15, 0.2) is 0 Å². The van der Waals surface area contributed by atoms with Gasteiger partial charge < -0.3 is 15.4 Å². The van der Waals surface area contributed by atoms with Crippen LogP contribution in [0.15, 0.2) is 36.4 Å². The molecular weight excluding hydrogens is 382 g/mol. The number of carbonyl (C=O) groups is 2. The molecule has 0 atom stereocenters. The summed E-state index contributed by atoms with van der Waals surface area (Å²) in [5, 5.41) is 5.20. The van der Waals surface area contributed by atoms with Gasteiger partial charge in [-0.05, 0) is 38.1 Å². The second-order valence-electron chi connectivity index (χ2n) is 6.40. The Bertz CT molecular complexity index is 982. The largest absolute Gasteiger partial charge is 0.494 e. The number of nitrogens with one attached hydrogen (secondary N) is 3. The normalized spacial score (nSPS) is 10.9. The molecule has 0 bridgehead atoms.